The van der Waals surface area contributed by atoms with Crippen LogP contribution in [0.25, 0.3) is 0 Å². The Morgan fingerprint density at radius 1 is 1.30 bits per heavy atom. The summed E-state index contributed by atoms with van der Waals surface area (Å²) in [5.41, 5.74) is 0.783. The van der Waals surface area contributed by atoms with Crippen molar-refractivity contribution >= 4 is 11.9 Å². The quantitative estimate of drug-likeness (QED) is 0.438. The highest BCUT2D eigenvalue weighted by molar-refractivity contribution is 5.80. The molecule has 1 aromatic carbocycles. The second kappa shape index (κ2) is 9.72. The van der Waals surface area contributed by atoms with Crippen LogP contribution in [0, 0.1) is 5.82 Å². The van der Waals surface area contributed by atoms with E-state index in [9.17, 15) is 9.18 Å². The first-order valence-electron chi connectivity index (χ1n) is 10.3. The summed E-state index contributed by atoms with van der Waals surface area (Å²) in [4.78, 5) is 18.7. The third-order valence-corrected chi connectivity index (χ3v) is 5.29. The number of nitrogens with zero attached hydrogens (tertiary/aromatic N) is 2. The normalized spacial score (nSPS) is 23.1. The van der Waals surface area contributed by atoms with Crippen molar-refractivity contribution in [1.29, 1.82) is 0 Å². The van der Waals surface area contributed by atoms with Crippen LogP contribution >= 0.6 is 0 Å². The lowest BCUT2D eigenvalue weighted by molar-refractivity contribution is -0.130. The lowest BCUT2D eigenvalue weighted by Crippen LogP contribution is -2.39. The van der Waals surface area contributed by atoms with Crippen molar-refractivity contribution in [1.82, 2.24) is 15.5 Å². The van der Waals surface area contributed by atoms with Crippen molar-refractivity contribution in [2.24, 2.45) is 4.99 Å². The van der Waals surface area contributed by atoms with E-state index >= 15 is 0 Å². The minimum Gasteiger partial charge on any atom is -0.357 e. The van der Waals surface area contributed by atoms with Gasteiger partial charge in [0.15, 0.2) is 5.96 Å². The van der Waals surface area contributed by atoms with E-state index in [-0.39, 0.29) is 23.7 Å². The van der Waals surface area contributed by atoms with Gasteiger partial charge in [-0.1, -0.05) is 24.6 Å². The molecule has 5 nitrogen and oxygen atoms in total. The number of amides is 1. The van der Waals surface area contributed by atoms with Crippen molar-refractivity contribution in [3.63, 3.8) is 0 Å². The number of aliphatic imine (C=N–C) groups is 1. The van der Waals surface area contributed by atoms with Gasteiger partial charge in [0, 0.05) is 44.6 Å². The van der Waals surface area contributed by atoms with Crippen LogP contribution < -0.4 is 10.6 Å². The molecule has 1 heterocycles. The van der Waals surface area contributed by atoms with Gasteiger partial charge >= 0.3 is 0 Å². The first kappa shape index (κ1) is 19.6. The molecule has 2 aliphatic rings. The number of halogens is 1. The fraction of sp³-hybridized carbons (Fsp3) is 0.619. The Morgan fingerprint density at radius 3 is 2.96 bits per heavy atom. The average Bonchev–Trinajstić information content (AvgIpc) is 3.44. The summed E-state index contributed by atoms with van der Waals surface area (Å²) in [5.74, 6) is 1.15. The molecule has 2 fully saturated rings. The molecule has 2 atom stereocenters. The second-order valence-corrected chi connectivity index (χ2v) is 7.42. The molecule has 1 aliphatic carbocycles. The van der Waals surface area contributed by atoms with Crippen LogP contribution in [0.15, 0.2) is 29.3 Å². The molecule has 1 amide bonds. The fourth-order valence-corrected chi connectivity index (χ4v) is 3.70. The molecular formula is C21H31FN4O. The average molecular weight is 375 g/mol. The Bertz CT molecular complexity index is 663. The number of carbonyl (C=O) groups is 1. The summed E-state index contributed by atoms with van der Waals surface area (Å²) >= 11 is 0. The number of hydrogen-bond acceptors (Lipinski definition) is 2. The maximum Gasteiger partial charge on any atom is 0.222 e. The summed E-state index contributed by atoms with van der Waals surface area (Å²) in [6.45, 7) is 5.16. The molecule has 2 N–H and O–H groups in total. The molecule has 0 bridgehead atoms. The lowest BCUT2D eigenvalue weighted by Gasteiger charge is -2.20. The van der Waals surface area contributed by atoms with Crippen LogP contribution in [-0.4, -0.2) is 49.0 Å². The number of hydrogen-bond donors (Lipinski definition) is 2. The van der Waals surface area contributed by atoms with E-state index in [1.54, 1.807) is 6.07 Å². The number of carbonyl (C=O) groups excluding carboxylic acids is 1. The van der Waals surface area contributed by atoms with Gasteiger partial charge in [0.05, 0.1) is 0 Å². The van der Waals surface area contributed by atoms with Gasteiger partial charge in [-0.05, 0) is 44.2 Å². The maximum atomic E-state index is 13.9. The first-order valence-corrected chi connectivity index (χ1v) is 10.3. The standard InChI is InChI=1S/C21H31FN4O/c1-2-23-21(24-12-8-14-26-13-7-3-4-11-20(26)27)25-19-15-17(19)16-9-5-6-10-18(16)22/h5-6,9-10,17,19H,2-4,7-8,11-15H2,1H3,(H2,23,24,25). The van der Waals surface area contributed by atoms with Crippen LogP contribution in [0.4, 0.5) is 4.39 Å². The maximum absolute atomic E-state index is 13.9. The Kier molecular flexibility index (Phi) is 7.07. The van der Waals surface area contributed by atoms with Crippen LogP contribution in [0.1, 0.15) is 56.9 Å². The van der Waals surface area contributed by atoms with E-state index < -0.39 is 0 Å². The van der Waals surface area contributed by atoms with Gasteiger partial charge in [-0.3, -0.25) is 9.79 Å². The number of guanidine groups is 1. The number of likely N-dealkylation sites (tertiary alicyclic amines) is 1. The molecule has 0 aromatic heterocycles. The highest BCUT2D eigenvalue weighted by atomic mass is 19.1. The largest absolute Gasteiger partial charge is 0.357 e. The summed E-state index contributed by atoms with van der Waals surface area (Å²) < 4.78 is 13.9. The molecule has 6 heteroatoms. The fourth-order valence-electron chi connectivity index (χ4n) is 3.70. The van der Waals surface area contributed by atoms with E-state index in [4.69, 9.17) is 0 Å². The van der Waals surface area contributed by atoms with E-state index in [1.165, 1.54) is 6.07 Å². The van der Waals surface area contributed by atoms with Crippen LogP contribution in [0.3, 0.4) is 0 Å². The number of nitrogens with one attached hydrogen (secondary N) is 2. The van der Waals surface area contributed by atoms with E-state index in [2.05, 4.69) is 15.6 Å². The molecule has 0 spiro atoms. The molecule has 27 heavy (non-hydrogen) atoms. The van der Waals surface area contributed by atoms with Crippen LogP contribution in [0.2, 0.25) is 0 Å². The molecule has 1 aromatic rings. The minimum absolute atomic E-state index is 0.129. The molecular weight excluding hydrogens is 343 g/mol. The molecule has 0 radical (unpaired) electrons. The monoisotopic (exact) mass is 374 g/mol. The molecule has 1 saturated carbocycles. The first-order chi connectivity index (χ1) is 13.2. The Labute approximate surface area is 161 Å². The van der Waals surface area contributed by atoms with Gasteiger partial charge in [0.2, 0.25) is 5.91 Å². The predicted octanol–water partition coefficient (Wildman–Crippen LogP) is 3.03. The number of rotatable bonds is 7. The molecule has 2 unspecified atom stereocenters. The highest BCUT2D eigenvalue weighted by Gasteiger charge is 2.40. The van der Waals surface area contributed by atoms with Gasteiger partial charge in [-0.15, -0.1) is 0 Å². The molecule has 3 rings (SSSR count). The zero-order valence-corrected chi connectivity index (χ0v) is 16.2. The van der Waals surface area contributed by atoms with E-state index in [0.717, 1.165) is 63.3 Å². The van der Waals surface area contributed by atoms with Crippen molar-refractivity contribution in [3.05, 3.63) is 35.6 Å². The third-order valence-electron chi connectivity index (χ3n) is 5.29. The summed E-state index contributed by atoms with van der Waals surface area (Å²) in [7, 11) is 0. The molecule has 1 aliphatic heterocycles. The van der Waals surface area contributed by atoms with Crippen molar-refractivity contribution in [2.75, 3.05) is 26.2 Å². The van der Waals surface area contributed by atoms with Gasteiger partial charge in [-0.25, -0.2) is 4.39 Å². The number of benzene rings is 1. The SMILES string of the molecule is CCNC(=NCCCN1CCCCCC1=O)NC1CC1c1ccccc1F. The van der Waals surface area contributed by atoms with E-state index in [0.29, 0.717) is 13.0 Å². The Hall–Kier alpha value is -2.11. The van der Waals surface area contributed by atoms with Gasteiger partial charge in [0.1, 0.15) is 5.82 Å². The van der Waals surface area contributed by atoms with E-state index in [1.807, 2.05) is 24.0 Å². The summed E-state index contributed by atoms with van der Waals surface area (Å²) in [6, 6.07) is 7.23. The Morgan fingerprint density at radius 2 is 2.15 bits per heavy atom. The zero-order valence-electron chi connectivity index (χ0n) is 16.2. The molecule has 1 saturated heterocycles. The third kappa shape index (κ3) is 5.68. The van der Waals surface area contributed by atoms with Crippen molar-refractivity contribution < 1.29 is 9.18 Å². The van der Waals surface area contributed by atoms with Crippen molar-refractivity contribution in [3.8, 4) is 0 Å². The minimum atomic E-state index is -0.129. The zero-order chi connectivity index (χ0) is 19.1. The van der Waals surface area contributed by atoms with Crippen molar-refractivity contribution in [2.45, 2.75) is 57.4 Å². The van der Waals surface area contributed by atoms with Crippen LogP contribution in [0.5, 0.6) is 0 Å². The summed E-state index contributed by atoms with van der Waals surface area (Å²) in [5, 5.41) is 6.68. The van der Waals surface area contributed by atoms with Gasteiger partial charge < -0.3 is 15.5 Å². The lowest BCUT2D eigenvalue weighted by atomic mass is 10.1. The topological polar surface area (TPSA) is 56.7 Å². The second-order valence-electron chi connectivity index (χ2n) is 7.42. The Balaban J connectivity index is 1.46. The van der Waals surface area contributed by atoms with Crippen LogP contribution in [-0.2, 0) is 4.79 Å². The van der Waals surface area contributed by atoms with Gasteiger partial charge in [-0.2, -0.15) is 0 Å². The highest BCUT2D eigenvalue weighted by Crippen LogP contribution is 2.41. The van der Waals surface area contributed by atoms with Gasteiger partial charge in [0.25, 0.3) is 0 Å². The predicted molar refractivity (Wildman–Crippen MR) is 106 cm³/mol. The summed E-state index contributed by atoms with van der Waals surface area (Å²) in [6.07, 6.45) is 5.76. The molecule has 148 valence electrons. The smallest absolute Gasteiger partial charge is 0.222 e.